The minimum atomic E-state index is -3.37. The molecule has 2 aromatic carbocycles. The van der Waals surface area contributed by atoms with Crippen molar-refractivity contribution in [2.24, 2.45) is 11.8 Å². The largest absolute Gasteiger partial charge is 0.385 e. The SMILES string of the molecule is O=S1(=O)C=C[C@H]2[C@@H]1[C@H](C=Cc1ccccc1)C[C@]2(O)C=CC=Cc1ccccc1. The van der Waals surface area contributed by atoms with Gasteiger partial charge in [-0.2, -0.15) is 0 Å². The first-order chi connectivity index (χ1) is 14.0. The minimum Gasteiger partial charge on any atom is -0.385 e. The van der Waals surface area contributed by atoms with Crippen LogP contribution in [0.25, 0.3) is 12.2 Å². The Morgan fingerprint density at radius 3 is 2.17 bits per heavy atom. The second-order valence-corrected chi connectivity index (χ2v) is 9.66. The zero-order valence-corrected chi connectivity index (χ0v) is 16.8. The smallest absolute Gasteiger partial charge is 0.175 e. The third-order valence-corrected chi connectivity index (χ3v) is 7.63. The van der Waals surface area contributed by atoms with Crippen molar-refractivity contribution in [1.29, 1.82) is 0 Å². The van der Waals surface area contributed by atoms with E-state index in [9.17, 15) is 13.5 Å². The Labute approximate surface area is 172 Å². The molecule has 1 aliphatic heterocycles. The van der Waals surface area contributed by atoms with Gasteiger partial charge in [-0.3, -0.25) is 0 Å². The van der Waals surface area contributed by atoms with Gasteiger partial charge in [-0.25, -0.2) is 8.42 Å². The molecule has 1 aliphatic carbocycles. The van der Waals surface area contributed by atoms with Gasteiger partial charge in [0.2, 0.25) is 0 Å². The molecule has 0 radical (unpaired) electrons. The lowest BCUT2D eigenvalue weighted by Gasteiger charge is -2.23. The summed E-state index contributed by atoms with van der Waals surface area (Å²) in [5.74, 6) is -0.674. The van der Waals surface area contributed by atoms with Gasteiger partial charge in [-0.15, -0.1) is 0 Å². The average Bonchev–Trinajstić information content (AvgIpc) is 3.21. The summed E-state index contributed by atoms with van der Waals surface area (Å²) in [6.45, 7) is 0. The molecule has 0 unspecified atom stereocenters. The van der Waals surface area contributed by atoms with Crippen LogP contribution in [0, 0.1) is 11.8 Å². The lowest BCUT2D eigenvalue weighted by molar-refractivity contribution is 0.0690. The summed E-state index contributed by atoms with van der Waals surface area (Å²) in [6.07, 6.45) is 13.3. The van der Waals surface area contributed by atoms with Crippen molar-refractivity contribution in [3.63, 3.8) is 0 Å². The first kappa shape index (κ1) is 19.6. The van der Waals surface area contributed by atoms with Crippen LogP contribution in [0.5, 0.6) is 0 Å². The van der Waals surface area contributed by atoms with E-state index in [1.54, 1.807) is 12.2 Å². The molecule has 0 aromatic heterocycles. The highest BCUT2D eigenvalue weighted by Gasteiger charge is 2.56. The van der Waals surface area contributed by atoms with E-state index in [4.69, 9.17) is 0 Å². The Hall–Kier alpha value is -2.69. The Kier molecular flexibility index (Phi) is 5.39. The summed E-state index contributed by atoms with van der Waals surface area (Å²) in [5, 5.41) is 11.9. The lowest BCUT2D eigenvalue weighted by Crippen LogP contribution is -2.33. The first-order valence-corrected chi connectivity index (χ1v) is 11.4. The molecule has 1 N–H and O–H groups in total. The van der Waals surface area contributed by atoms with Gasteiger partial charge in [0, 0.05) is 11.3 Å². The van der Waals surface area contributed by atoms with Gasteiger partial charge in [-0.05, 0) is 23.5 Å². The summed E-state index contributed by atoms with van der Waals surface area (Å²) >= 11 is 0. The van der Waals surface area contributed by atoms with E-state index in [-0.39, 0.29) is 5.92 Å². The van der Waals surface area contributed by atoms with Crippen LogP contribution in [-0.2, 0) is 9.84 Å². The fourth-order valence-corrected chi connectivity index (χ4v) is 6.28. The number of fused-ring (bicyclic) bond motifs is 1. The van der Waals surface area contributed by atoms with Crippen molar-refractivity contribution in [2.45, 2.75) is 17.3 Å². The number of sulfone groups is 1. The molecule has 1 heterocycles. The van der Waals surface area contributed by atoms with E-state index in [2.05, 4.69) is 0 Å². The maximum absolute atomic E-state index is 12.6. The zero-order chi connectivity index (χ0) is 20.3. The maximum Gasteiger partial charge on any atom is 0.175 e. The quantitative estimate of drug-likeness (QED) is 0.738. The number of aliphatic hydroxyl groups is 1. The van der Waals surface area contributed by atoms with Gasteiger partial charge < -0.3 is 5.11 Å². The van der Waals surface area contributed by atoms with Crippen molar-refractivity contribution >= 4 is 22.0 Å². The molecule has 1 saturated carbocycles. The van der Waals surface area contributed by atoms with Gasteiger partial charge >= 0.3 is 0 Å². The predicted octanol–water partition coefficient (Wildman–Crippen LogP) is 4.65. The molecule has 3 nitrogen and oxygen atoms in total. The summed E-state index contributed by atoms with van der Waals surface area (Å²) in [7, 11) is -3.37. The minimum absolute atomic E-state index is 0.243. The van der Waals surface area contributed by atoms with E-state index in [0.29, 0.717) is 6.42 Å². The molecule has 4 atom stereocenters. The third kappa shape index (κ3) is 4.19. The average molecular weight is 405 g/mol. The Morgan fingerprint density at radius 2 is 1.52 bits per heavy atom. The van der Waals surface area contributed by atoms with Gasteiger partial charge in [0.05, 0.1) is 10.9 Å². The number of hydrogen-bond acceptors (Lipinski definition) is 3. The Morgan fingerprint density at radius 1 is 0.897 bits per heavy atom. The molecule has 0 bridgehead atoms. The molecule has 148 valence electrons. The molecule has 0 saturated heterocycles. The molecule has 0 amide bonds. The second kappa shape index (κ2) is 7.97. The molecule has 4 heteroatoms. The van der Waals surface area contributed by atoms with Crippen LogP contribution in [-0.4, -0.2) is 24.4 Å². The normalized spacial score (nSPS) is 30.6. The summed E-state index contributed by atoms with van der Waals surface area (Å²) in [5.41, 5.74) is 0.905. The molecule has 1 fully saturated rings. The topological polar surface area (TPSA) is 54.4 Å². The third-order valence-electron chi connectivity index (χ3n) is 5.69. The maximum atomic E-state index is 12.6. The monoisotopic (exact) mass is 404 g/mol. The number of allylic oxidation sites excluding steroid dienone is 3. The van der Waals surface area contributed by atoms with Gasteiger partial charge in [0.1, 0.15) is 0 Å². The van der Waals surface area contributed by atoms with E-state index in [1.807, 2.05) is 91.0 Å². The highest BCUT2D eigenvalue weighted by atomic mass is 32.2. The molecular formula is C25H24O3S. The van der Waals surface area contributed by atoms with Gasteiger partial charge in [0.25, 0.3) is 0 Å². The van der Waals surface area contributed by atoms with Crippen LogP contribution in [0.15, 0.2) is 96.5 Å². The van der Waals surface area contributed by atoms with Crippen LogP contribution in [0.2, 0.25) is 0 Å². The second-order valence-electron chi connectivity index (χ2n) is 7.67. The van der Waals surface area contributed by atoms with Crippen molar-refractivity contribution in [1.82, 2.24) is 0 Å². The summed E-state index contributed by atoms with van der Waals surface area (Å²) < 4.78 is 25.2. The molecule has 2 aliphatic rings. The van der Waals surface area contributed by atoms with Gasteiger partial charge in [0.15, 0.2) is 9.84 Å². The van der Waals surface area contributed by atoms with Crippen LogP contribution >= 0.6 is 0 Å². The fourth-order valence-electron chi connectivity index (χ4n) is 4.30. The van der Waals surface area contributed by atoms with Crippen molar-refractivity contribution in [3.05, 3.63) is 108 Å². The van der Waals surface area contributed by atoms with E-state index in [1.165, 1.54) is 5.41 Å². The van der Waals surface area contributed by atoms with E-state index < -0.39 is 26.6 Å². The molecule has 0 spiro atoms. The van der Waals surface area contributed by atoms with Gasteiger partial charge in [-0.1, -0.05) is 103 Å². The Balaban J connectivity index is 1.56. The van der Waals surface area contributed by atoms with Crippen molar-refractivity contribution in [3.8, 4) is 0 Å². The Bertz CT molecular complexity index is 1070. The highest BCUT2D eigenvalue weighted by Crippen LogP contribution is 2.49. The summed E-state index contributed by atoms with van der Waals surface area (Å²) in [6, 6.07) is 19.7. The van der Waals surface area contributed by atoms with Crippen LogP contribution in [0.3, 0.4) is 0 Å². The van der Waals surface area contributed by atoms with Crippen LogP contribution < -0.4 is 0 Å². The molecular weight excluding hydrogens is 380 g/mol. The fraction of sp³-hybridized carbons (Fsp3) is 0.200. The summed E-state index contributed by atoms with van der Waals surface area (Å²) in [4.78, 5) is 0. The van der Waals surface area contributed by atoms with E-state index >= 15 is 0 Å². The number of rotatable bonds is 5. The molecule has 4 rings (SSSR count). The van der Waals surface area contributed by atoms with Crippen LogP contribution in [0.1, 0.15) is 17.5 Å². The first-order valence-electron chi connectivity index (χ1n) is 9.77. The zero-order valence-electron chi connectivity index (χ0n) is 16.0. The van der Waals surface area contributed by atoms with Crippen molar-refractivity contribution in [2.75, 3.05) is 0 Å². The highest BCUT2D eigenvalue weighted by molar-refractivity contribution is 7.95. The number of benzene rings is 2. The molecule has 29 heavy (non-hydrogen) atoms. The van der Waals surface area contributed by atoms with Crippen molar-refractivity contribution < 1.29 is 13.5 Å². The standard InChI is InChI=1S/C25H24O3S/c26-25(17-8-7-13-20-9-3-1-4-10-20)19-22(15-14-21-11-5-2-6-12-21)24-23(25)16-18-29(24,27)28/h1-18,22-24,26H,19H2/t22-,23+,24+,25-/m1/s1. The predicted molar refractivity (Wildman–Crippen MR) is 118 cm³/mol. The lowest BCUT2D eigenvalue weighted by atomic mass is 9.90. The van der Waals surface area contributed by atoms with E-state index in [0.717, 1.165) is 11.1 Å². The number of hydrogen-bond donors (Lipinski definition) is 1. The molecule has 2 aromatic rings. The van der Waals surface area contributed by atoms with Crippen LogP contribution in [0.4, 0.5) is 0 Å².